The van der Waals surface area contributed by atoms with E-state index in [1.807, 2.05) is 6.92 Å². The Morgan fingerprint density at radius 3 is 1.46 bits per heavy atom. The highest BCUT2D eigenvalue weighted by atomic mass is 16.3. The van der Waals surface area contributed by atoms with Crippen LogP contribution in [-0.4, -0.2) is 46.8 Å². The highest BCUT2D eigenvalue weighted by Gasteiger charge is 2.15. The number of carbonyl (C=O) groups excluding carboxylic acids is 1. The second-order valence-electron chi connectivity index (χ2n) is 8.33. The zero-order valence-corrected chi connectivity index (χ0v) is 19.0. The summed E-state index contributed by atoms with van der Waals surface area (Å²) in [5.74, 6) is 0.0634. The Balaban J connectivity index is 3.40. The average molecular weight is 400 g/mol. The van der Waals surface area contributed by atoms with Crippen molar-refractivity contribution in [2.75, 3.05) is 19.7 Å². The number of nitrogens with zero attached hydrogens (tertiary/aromatic N) is 1. The molecule has 1 unspecified atom stereocenters. The van der Waals surface area contributed by atoms with Gasteiger partial charge in [-0.05, 0) is 6.42 Å². The lowest BCUT2D eigenvalue weighted by Crippen LogP contribution is -2.39. The maximum absolute atomic E-state index is 11.9. The Labute approximate surface area is 175 Å². The minimum Gasteiger partial charge on any atom is -0.394 e. The van der Waals surface area contributed by atoms with Crippen LogP contribution in [0.1, 0.15) is 123 Å². The summed E-state index contributed by atoms with van der Waals surface area (Å²) in [6.45, 7) is 4.78. The Bertz CT molecular complexity index is 336. The topological polar surface area (TPSA) is 60.8 Å². The van der Waals surface area contributed by atoms with E-state index in [1.165, 1.54) is 89.9 Å². The lowest BCUT2D eigenvalue weighted by Gasteiger charge is -2.24. The fourth-order valence-electron chi connectivity index (χ4n) is 3.70. The minimum absolute atomic E-state index is 0.0634. The summed E-state index contributed by atoms with van der Waals surface area (Å²) < 4.78 is 0. The summed E-state index contributed by atoms with van der Waals surface area (Å²) in [7, 11) is 0. The van der Waals surface area contributed by atoms with E-state index in [0.717, 1.165) is 12.8 Å². The highest BCUT2D eigenvalue weighted by molar-refractivity contribution is 5.75. The maximum atomic E-state index is 11.9. The van der Waals surface area contributed by atoms with Gasteiger partial charge in [0.2, 0.25) is 5.91 Å². The SMILES string of the molecule is CCCCCCCCCCCCCCCCCCN(CC(O)CO)C(=O)CC. The molecule has 0 fully saturated rings. The molecule has 0 rings (SSSR count). The second kappa shape index (κ2) is 21.1. The van der Waals surface area contributed by atoms with Crippen LogP contribution in [0.3, 0.4) is 0 Å². The molecule has 4 heteroatoms. The zero-order chi connectivity index (χ0) is 20.9. The molecule has 0 saturated heterocycles. The van der Waals surface area contributed by atoms with Crippen molar-refractivity contribution in [2.45, 2.75) is 129 Å². The van der Waals surface area contributed by atoms with Crippen molar-refractivity contribution < 1.29 is 15.0 Å². The molecule has 1 atom stereocenters. The van der Waals surface area contributed by atoms with E-state index in [0.29, 0.717) is 13.0 Å². The minimum atomic E-state index is -0.823. The van der Waals surface area contributed by atoms with Crippen LogP contribution in [0.5, 0.6) is 0 Å². The van der Waals surface area contributed by atoms with Crippen molar-refractivity contribution in [1.82, 2.24) is 4.90 Å². The van der Waals surface area contributed by atoms with Crippen molar-refractivity contribution >= 4 is 5.91 Å². The van der Waals surface area contributed by atoms with Crippen LogP contribution in [0.4, 0.5) is 0 Å². The summed E-state index contributed by atoms with van der Waals surface area (Å²) in [5, 5.41) is 18.5. The van der Waals surface area contributed by atoms with Crippen LogP contribution in [-0.2, 0) is 4.79 Å². The monoisotopic (exact) mass is 399 g/mol. The number of carbonyl (C=O) groups is 1. The molecule has 1 amide bonds. The molecular formula is C24H49NO3. The number of aliphatic hydroxyl groups is 2. The van der Waals surface area contributed by atoms with Crippen molar-refractivity contribution in [3.63, 3.8) is 0 Å². The molecule has 0 spiro atoms. The third kappa shape index (κ3) is 17.5. The number of unbranched alkanes of at least 4 members (excludes halogenated alkanes) is 15. The highest BCUT2D eigenvalue weighted by Crippen LogP contribution is 2.14. The van der Waals surface area contributed by atoms with Gasteiger partial charge in [0.25, 0.3) is 0 Å². The molecule has 0 bridgehead atoms. The predicted octanol–water partition coefficient (Wildman–Crippen LogP) is 5.84. The van der Waals surface area contributed by atoms with E-state index in [2.05, 4.69) is 6.92 Å². The van der Waals surface area contributed by atoms with Gasteiger partial charge in [0.15, 0.2) is 0 Å². The first-order chi connectivity index (χ1) is 13.7. The van der Waals surface area contributed by atoms with Crippen LogP contribution < -0.4 is 0 Å². The van der Waals surface area contributed by atoms with Gasteiger partial charge in [-0.15, -0.1) is 0 Å². The summed E-state index contributed by atoms with van der Waals surface area (Å²) in [5.41, 5.74) is 0. The molecule has 28 heavy (non-hydrogen) atoms. The van der Waals surface area contributed by atoms with E-state index < -0.39 is 6.10 Å². The van der Waals surface area contributed by atoms with Crippen LogP contribution in [0.2, 0.25) is 0 Å². The Kier molecular flexibility index (Phi) is 20.6. The molecule has 0 aliphatic heterocycles. The second-order valence-corrected chi connectivity index (χ2v) is 8.33. The molecule has 0 aliphatic rings. The van der Waals surface area contributed by atoms with Crippen molar-refractivity contribution in [3.8, 4) is 0 Å². The van der Waals surface area contributed by atoms with Gasteiger partial charge in [0, 0.05) is 19.5 Å². The molecule has 4 nitrogen and oxygen atoms in total. The Morgan fingerprint density at radius 1 is 0.714 bits per heavy atom. The lowest BCUT2D eigenvalue weighted by atomic mass is 10.0. The van der Waals surface area contributed by atoms with Crippen molar-refractivity contribution in [1.29, 1.82) is 0 Å². The largest absolute Gasteiger partial charge is 0.394 e. The van der Waals surface area contributed by atoms with Gasteiger partial charge in [-0.25, -0.2) is 0 Å². The van der Waals surface area contributed by atoms with Crippen LogP contribution in [0.25, 0.3) is 0 Å². The summed E-state index contributed by atoms with van der Waals surface area (Å²) in [6.07, 6.45) is 21.0. The predicted molar refractivity (Wildman–Crippen MR) is 120 cm³/mol. The average Bonchev–Trinajstić information content (AvgIpc) is 2.71. The lowest BCUT2D eigenvalue weighted by molar-refractivity contribution is -0.132. The van der Waals surface area contributed by atoms with Gasteiger partial charge in [-0.3, -0.25) is 4.79 Å². The van der Waals surface area contributed by atoms with Gasteiger partial charge < -0.3 is 15.1 Å². The molecule has 0 aliphatic carbocycles. The van der Waals surface area contributed by atoms with Crippen LogP contribution in [0.15, 0.2) is 0 Å². The fourth-order valence-corrected chi connectivity index (χ4v) is 3.70. The first-order valence-electron chi connectivity index (χ1n) is 12.2. The maximum Gasteiger partial charge on any atom is 0.222 e. The number of hydrogen-bond acceptors (Lipinski definition) is 3. The van der Waals surface area contributed by atoms with Crippen LogP contribution in [0, 0.1) is 0 Å². The van der Waals surface area contributed by atoms with Gasteiger partial charge in [-0.1, -0.05) is 110 Å². The number of rotatable bonds is 21. The number of hydrogen-bond donors (Lipinski definition) is 2. The summed E-state index contributed by atoms with van der Waals surface area (Å²) in [6, 6.07) is 0. The first kappa shape index (κ1) is 27.4. The molecule has 0 saturated carbocycles. The summed E-state index contributed by atoms with van der Waals surface area (Å²) >= 11 is 0. The fraction of sp³-hybridized carbons (Fsp3) is 0.958. The normalized spacial score (nSPS) is 12.3. The van der Waals surface area contributed by atoms with E-state index in [-0.39, 0.29) is 19.1 Å². The van der Waals surface area contributed by atoms with Gasteiger partial charge in [-0.2, -0.15) is 0 Å². The molecule has 2 N–H and O–H groups in total. The smallest absolute Gasteiger partial charge is 0.222 e. The van der Waals surface area contributed by atoms with Crippen LogP contribution >= 0.6 is 0 Å². The Morgan fingerprint density at radius 2 is 1.11 bits per heavy atom. The van der Waals surface area contributed by atoms with Gasteiger partial charge >= 0.3 is 0 Å². The van der Waals surface area contributed by atoms with E-state index in [9.17, 15) is 9.90 Å². The van der Waals surface area contributed by atoms with Crippen molar-refractivity contribution in [3.05, 3.63) is 0 Å². The van der Waals surface area contributed by atoms with E-state index in [4.69, 9.17) is 5.11 Å². The third-order valence-electron chi connectivity index (χ3n) is 5.58. The molecular weight excluding hydrogens is 350 g/mol. The van der Waals surface area contributed by atoms with E-state index >= 15 is 0 Å². The standard InChI is InChI=1S/C24H49NO3/c1-3-5-6-7-8-9-10-11-12-13-14-15-16-17-18-19-20-25(24(28)4-2)21-23(27)22-26/h23,26-27H,3-22H2,1-2H3. The van der Waals surface area contributed by atoms with E-state index in [1.54, 1.807) is 4.90 Å². The van der Waals surface area contributed by atoms with Gasteiger partial charge in [0.05, 0.1) is 12.7 Å². The number of amides is 1. The quantitative estimate of drug-likeness (QED) is 0.238. The molecule has 168 valence electrons. The molecule has 0 heterocycles. The molecule has 0 aromatic rings. The zero-order valence-electron chi connectivity index (χ0n) is 19.0. The number of aliphatic hydroxyl groups excluding tert-OH is 2. The Hall–Kier alpha value is -0.610. The van der Waals surface area contributed by atoms with Gasteiger partial charge in [0.1, 0.15) is 0 Å². The molecule has 0 radical (unpaired) electrons. The summed E-state index contributed by atoms with van der Waals surface area (Å²) in [4.78, 5) is 13.6. The van der Waals surface area contributed by atoms with Crippen molar-refractivity contribution in [2.24, 2.45) is 0 Å². The first-order valence-corrected chi connectivity index (χ1v) is 12.2. The molecule has 0 aromatic carbocycles. The molecule has 0 aromatic heterocycles. The third-order valence-corrected chi connectivity index (χ3v) is 5.58.